The highest BCUT2D eigenvalue weighted by molar-refractivity contribution is 5.92. The van der Waals surface area contributed by atoms with Gasteiger partial charge in [0.2, 0.25) is 5.91 Å². The molecule has 0 unspecified atom stereocenters. The van der Waals surface area contributed by atoms with Crippen molar-refractivity contribution in [2.75, 3.05) is 26.8 Å². The summed E-state index contributed by atoms with van der Waals surface area (Å²) in [6.07, 6.45) is -0.712. The van der Waals surface area contributed by atoms with Crippen molar-refractivity contribution in [2.24, 2.45) is 0 Å². The second-order valence-electron chi connectivity index (χ2n) is 4.38. The van der Waals surface area contributed by atoms with E-state index in [1.807, 2.05) is 36.1 Å². The summed E-state index contributed by atoms with van der Waals surface area (Å²) >= 11 is 0. The highest BCUT2D eigenvalue weighted by Crippen LogP contribution is 2.18. The van der Waals surface area contributed by atoms with Crippen LogP contribution in [0.25, 0.3) is 0 Å². The van der Waals surface area contributed by atoms with Gasteiger partial charge in [-0.05, 0) is 19.5 Å². The number of ether oxygens (including phenoxy) is 2. The number of benzene rings is 1. The average Bonchev–Trinajstić information content (AvgIpc) is 2.47. The monoisotopic (exact) mass is 294 g/mol. The van der Waals surface area contributed by atoms with Gasteiger partial charge in [0.25, 0.3) is 0 Å². The first-order valence-corrected chi connectivity index (χ1v) is 6.91. The molecule has 0 fully saturated rings. The van der Waals surface area contributed by atoms with Gasteiger partial charge in [0.15, 0.2) is 0 Å². The molecular weight excluding hydrogens is 272 g/mol. The Kier molecular flexibility index (Phi) is 7.25. The van der Waals surface area contributed by atoms with Crippen LogP contribution in [0.5, 0.6) is 5.75 Å². The fourth-order valence-corrected chi connectivity index (χ4v) is 1.88. The second-order valence-corrected chi connectivity index (χ2v) is 4.38. The van der Waals surface area contributed by atoms with E-state index in [-0.39, 0.29) is 19.1 Å². The van der Waals surface area contributed by atoms with Gasteiger partial charge < -0.3 is 9.47 Å². The summed E-state index contributed by atoms with van der Waals surface area (Å²) < 4.78 is 9.96. The third-order valence-electron chi connectivity index (χ3n) is 2.92. The average molecular weight is 294 g/mol. The molecule has 0 heterocycles. The molecule has 21 heavy (non-hydrogen) atoms. The first-order chi connectivity index (χ1) is 10.1. The molecule has 0 saturated heterocycles. The van der Waals surface area contributed by atoms with Crippen molar-refractivity contribution in [2.45, 2.75) is 20.4 Å². The zero-order valence-corrected chi connectivity index (χ0v) is 12.7. The molecule has 6 nitrogen and oxygen atoms in total. The third-order valence-corrected chi connectivity index (χ3v) is 2.92. The smallest absolute Gasteiger partial charge is 0.413 e. The summed E-state index contributed by atoms with van der Waals surface area (Å²) in [6.45, 7) is 5.23. The second kappa shape index (κ2) is 8.97. The molecule has 0 atom stereocenters. The fourth-order valence-electron chi connectivity index (χ4n) is 1.88. The summed E-state index contributed by atoms with van der Waals surface area (Å²) in [5.41, 5.74) is 0.991. The van der Waals surface area contributed by atoms with Gasteiger partial charge >= 0.3 is 6.09 Å². The Balaban J connectivity index is 2.59. The quantitative estimate of drug-likeness (QED) is 0.830. The topological polar surface area (TPSA) is 67.9 Å². The maximum Gasteiger partial charge on any atom is 0.413 e. The van der Waals surface area contributed by atoms with Crippen LogP contribution in [-0.2, 0) is 16.1 Å². The minimum Gasteiger partial charge on any atom is -0.496 e. The number of likely N-dealkylation sites (N-methyl/N-ethyl adjacent to an activating group) is 1. The normalized spacial score (nSPS) is 10.3. The Bertz CT molecular complexity index is 476. The highest BCUT2D eigenvalue weighted by Gasteiger charge is 2.14. The minimum atomic E-state index is -0.712. The van der Waals surface area contributed by atoms with Gasteiger partial charge in [-0.25, -0.2) is 4.79 Å². The molecule has 6 heteroatoms. The van der Waals surface area contributed by atoms with E-state index < -0.39 is 6.09 Å². The number of para-hydroxylation sites is 1. The summed E-state index contributed by atoms with van der Waals surface area (Å²) in [5, 5.41) is 2.19. The van der Waals surface area contributed by atoms with Crippen LogP contribution >= 0.6 is 0 Å². The van der Waals surface area contributed by atoms with E-state index in [2.05, 4.69) is 10.1 Å². The maximum absolute atomic E-state index is 11.8. The van der Waals surface area contributed by atoms with Crippen LogP contribution in [0.4, 0.5) is 4.79 Å². The zero-order chi connectivity index (χ0) is 15.7. The number of nitrogens with one attached hydrogen (secondary N) is 1. The minimum absolute atomic E-state index is 0.118. The number of carbonyl (C=O) groups is 2. The van der Waals surface area contributed by atoms with E-state index >= 15 is 0 Å². The summed E-state index contributed by atoms with van der Waals surface area (Å²) in [7, 11) is 1.61. The molecule has 0 spiro atoms. The first-order valence-electron chi connectivity index (χ1n) is 6.91. The Morgan fingerprint density at radius 2 is 1.95 bits per heavy atom. The van der Waals surface area contributed by atoms with E-state index in [0.717, 1.165) is 11.3 Å². The molecule has 0 aliphatic rings. The van der Waals surface area contributed by atoms with E-state index in [0.29, 0.717) is 13.1 Å². The molecule has 0 aliphatic heterocycles. The van der Waals surface area contributed by atoms with Crippen molar-refractivity contribution in [1.82, 2.24) is 10.2 Å². The number of rotatable bonds is 7. The van der Waals surface area contributed by atoms with Crippen LogP contribution in [0.2, 0.25) is 0 Å². The number of nitrogens with zero attached hydrogens (tertiary/aromatic N) is 1. The summed E-state index contributed by atoms with van der Waals surface area (Å²) in [5.74, 6) is 0.395. The van der Waals surface area contributed by atoms with Crippen molar-refractivity contribution >= 4 is 12.0 Å². The molecule has 1 aromatic rings. The van der Waals surface area contributed by atoms with E-state index in [4.69, 9.17) is 4.74 Å². The molecule has 1 N–H and O–H groups in total. The van der Waals surface area contributed by atoms with Gasteiger partial charge in [-0.2, -0.15) is 0 Å². The number of amides is 2. The number of carbonyl (C=O) groups excluding carboxylic acids is 2. The molecule has 0 aromatic heterocycles. The van der Waals surface area contributed by atoms with Crippen LogP contribution in [0.3, 0.4) is 0 Å². The molecule has 2 amide bonds. The summed E-state index contributed by atoms with van der Waals surface area (Å²) in [4.78, 5) is 24.9. The van der Waals surface area contributed by atoms with Crippen LogP contribution in [0, 0.1) is 0 Å². The largest absolute Gasteiger partial charge is 0.496 e. The molecule has 0 radical (unpaired) electrons. The first kappa shape index (κ1) is 17.0. The summed E-state index contributed by atoms with van der Waals surface area (Å²) in [6, 6.07) is 7.64. The van der Waals surface area contributed by atoms with Crippen molar-refractivity contribution in [3.05, 3.63) is 29.8 Å². The van der Waals surface area contributed by atoms with Gasteiger partial charge in [-0.15, -0.1) is 0 Å². The van der Waals surface area contributed by atoms with Crippen molar-refractivity contribution in [3.8, 4) is 5.75 Å². The van der Waals surface area contributed by atoms with Crippen molar-refractivity contribution in [3.63, 3.8) is 0 Å². The Morgan fingerprint density at radius 1 is 1.24 bits per heavy atom. The lowest BCUT2D eigenvalue weighted by atomic mass is 10.2. The number of hydrogen-bond acceptors (Lipinski definition) is 5. The maximum atomic E-state index is 11.8. The van der Waals surface area contributed by atoms with Gasteiger partial charge in [0.05, 0.1) is 20.3 Å². The van der Waals surface area contributed by atoms with Crippen LogP contribution in [0.1, 0.15) is 19.4 Å². The van der Waals surface area contributed by atoms with E-state index in [1.54, 1.807) is 14.0 Å². The predicted octanol–water partition coefficient (Wildman–Crippen LogP) is 1.79. The van der Waals surface area contributed by atoms with Crippen molar-refractivity contribution < 1.29 is 19.1 Å². The molecule has 1 aromatic carbocycles. The molecule has 0 aliphatic carbocycles. The fraction of sp³-hybridized carbons (Fsp3) is 0.467. The molecule has 0 bridgehead atoms. The molecule has 0 saturated carbocycles. The lowest BCUT2D eigenvalue weighted by molar-refractivity contribution is -0.121. The Morgan fingerprint density at radius 3 is 2.57 bits per heavy atom. The highest BCUT2D eigenvalue weighted by atomic mass is 16.5. The number of hydrogen-bond donors (Lipinski definition) is 1. The zero-order valence-electron chi connectivity index (χ0n) is 12.7. The van der Waals surface area contributed by atoms with Gasteiger partial charge in [0.1, 0.15) is 5.75 Å². The predicted molar refractivity (Wildman–Crippen MR) is 79.1 cm³/mol. The lowest BCUT2D eigenvalue weighted by Crippen LogP contribution is -2.40. The van der Waals surface area contributed by atoms with E-state index in [1.165, 1.54) is 0 Å². The van der Waals surface area contributed by atoms with Gasteiger partial charge in [0, 0.05) is 12.1 Å². The lowest BCUT2D eigenvalue weighted by Gasteiger charge is -2.20. The number of imide groups is 1. The number of alkyl carbamates (subject to hydrolysis) is 1. The van der Waals surface area contributed by atoms with Crippen molar-refractivity contribution in [1.29, 1.82) is 0 Å². The Labute approximate surface area is 125 Å². The standard InChI is InChI=1S/C15H22N2O4/c1-4-17(11-14(18)16-15(19)21-5-2)10-12-8-6-7-9-13(12)20-3/h6-9H,4-5,10-11H2,1-3H3,(H,16,18,19). The molecule has 1 rings (SSSR count). The van der Waals surface area contributed by atoms with Crippen LogP contribution < -0.4 is 10.1 Å². The van der Waals surface area contributed by atoms with Crippen LogP contribution in [0.15, 0.2) is 24.3 Å². The Hall–Kier alpha value is -2.08. The third kappa shape index (κ3) is 5.83. The van der Waals surface area contributed by atoms with Gasteiger partial charge in [-0.1, -0.05) is 25.1 Å². The van der Waals surface area contributed by atoms with Gasteiger partial charge in [-0.3, -0.25) is 15.0 Å². The van der Waals surface area contributed by atoms with E-state index in [9.17, 15) is 9.59 Å². The number of methoxy groups -OCH3 is 1. The SMILES string of the molecule is CCOC(=O)NC(=O)CN(CC)Cc1ccccc1OC. The van der Waals surface area contributed by atoms with Crippen LogP contribution in [-0.4, -0.2) is 43.7 Å². The molecular formula is C15H22N2O4. The molecule has 116 valence electrons.